The van der Waals surface area contributed by atoms with Gasteiger partial charge < -0.3 is 4.90 Å². The Morgan fingerprint density at radius 2 is 1.85 bits per heavy atom. The van der Waals surface area contributed by atoms with Crippen molar-refractivity contribution in [2.24, 2.45) is 0 Å². The summed E-state index contributed by atoms with van der Waals surface area (Å²) < 4.78 is 0.354. The van der Waals surface area contributed by atoms with Crippen LogP contribution in [0.3, 0.4) is 0 Å². The SMILES string of the molecule is Cc1ccc(C2(CCCN(C)C)CSCCS2)cc1.Cl. The van der Waals surface area contributed by atoms with Gasteiger partial charge in [-0.2, -0.15) is 11.8 Å². The molecule has 1 aromatic rings. The summed E-state index contributed by atoms with van der Waals surface area (Å²) in [5.41, 5.74) is 2.90. The first-order chi connectivity index (χ1) is 9.12. The van der Waals surface area contributed by atoms with Crippen LogP contribution in [0.15, 0.2) is 24.3 Å². The van der Waals surface area contributed by atoms with Gasteiger partial charge in [0.2, 0.25) is 0 Å². The zero-order chi connectivity index (χ0) is 13.7. The van der Waals surface area contributed by atoms with Crippen molar-refractivity contribution in [3.63, 3.8) is 0 Å². The van der Waals surface area contributed by atoms with Gasteiger partial charge in [-0.25, -0.2) is 0 Å². The molecule has 2 rings (SSSR count). The van der Waals surface area contributed by atoms with Crippen molar-refractivity contribution in [1.82, 2.24) is 4.90 Å². The summed E-state index contributed by atoms with van der Waals surface area (Å²) in [4.78, 5) is 2.30. The Hall–Kier alpha value is 0.170. The molecule has 0 aromatic heterocycles. The molecule has 1 aliphatic rings. The molecule has 0 saturated carbocycles. The molecule has 4 heteroatoms. The molecular formula is C16H26ClNS2. The quantitative estimate of drug-likeness (QED) is 0.785. The largest absolute Gasteiger partial charge is 0.309 e. The molecule has 0 bridgehead atoms. The third kappa shape index (κ3) is 4.87. The maximum absolute atomic E-state index is 2.35. The van der Waals surface area contributed by atoms with E-state index in [0.717, 1.165) is 0 Å². The zero-order valence-corrected chi connectivity index (χ0v) is 15.2. The van der Waals surface area contributed by atoms with Crippen molar-refractivity contribution in [3.8, 4) is 0 Å². The Kier molecular flexibility index (Phi) is 7.81. The number of halogens is 1. The van der Waals surface area contributed by atoms with E-state index in [9.17, 15) is 0 Å². The maximum Gasteiger partial charge on any atom is 0.0499 e. The van der Waals surface area contributed by atoms with Crippen LogP contribution in [0.1, 0.15) is 24.0 Å². The highest BCUT2D eigenvalue weighted by atomic mass is 35.5. The average molecular weight is 332 g/mol. The van der Waals surface area contributed by atoms with Gasteiger partial charge in [-0.05, 0) is 46.0 Å². The highest BCUT2D eigenvalue weighted by molar-refractivity contribution is 8.06. The van der Waals surface area contributed by atoms with E-state index >= 15 is 0 Å². The van der Waals surface area contributed by atoms with E-state index in [1.165, 1.54) is 47.8 Å². The van der Waals surface area contributed by atoms with Gasteiger partial charge in [-0.3, -0.25) is 0 Å². The minimum atomic E-state index is 0. The average Bonchev–Trinajstić information content (AvgIpc) is 2.40. The second kappa shape index (κ2) is 8.57. The van der Waals surface area contributed by atoms with Crippen LogP contribution in [0.4, 0.5) is 0 Å². The van der Waals surface area contributed by atoms with E-state index < -0.39 is 0 Å². The molecule has 20 heavy (non-hydrogen) atoms. The molecule has 1 aromatic carbocycles. The fourth-order valence-electron chi connectivity index (χ4n) is 2.57. The van der Waals surface area contributed by atoms with Crippen molar-refractivity contribution in [2.45, 2.75) is 24.5 Å². The van der Waals surface area contributed by atoms with E-state index in [-0.39, 0.29) is 12.4 Å². The van der Waals surface area contributed by atoms with Crippen LogP contribution >= 0.6 is 35.9 Å². The summed E-state index contributed by atoms with van der Waals surface area (Å²) in [7, 11) is 4.34. The van der Waals surface area contributed by atoms with E-state index in [2.05, 4.69) is 73.7 Å². The first-order valence-electron chi connectivity index (χ1n) is 7.06. The molecule has 1 heterocycles. The molecule has 0 N–H and O–H groups in total. The van der Waals surface area contributed by atoms with Crippen LogP contribution < -0.4 is 0 Å². The fourth-order valence-corrected chi connectivity index (χ4v) is 5.72. The Morgan fingerprint density at radius 3 is 2.40 bits per heavy atom. The molecule has 0 spiro atoms. The highest BCUT2D eigenvalue weighted by Gasteiger charge is 2.34. The Labute approximate surface area is 138 Å². The molecular weight excluding hydrogens is 306 g/mol. The number of aryl methyl sites for hydroxylation is 1. The Balaban J connectivity index is 0.00000200. The van der Waals surface area contributed by atoms with Crippen LogP contribution in [0, 0.1) is 6.92 Å². The van der Waals surface area contributed by atoms with Crippen LogP contribution in [0.2, 0.25) is 0 Å². The van der Waals surface area contributed by atoms with Gasteiger partial charge in [0.25, 0.3) is 0 Å². The summed E-state index contributed by atoms with van der Waals surface area (Å²) in [6.07, 6.45) is 2.58. The highest BCUT2D eigenvalue weighted by Crippen LogP contribution is 2.46. The standard InChI is InChI=1S/C16H25NS2.ClH/c1-14-5-7-15(8-6-14)16(9-4-10-17(2)3)13-18-11-12-19-16;/h5-8H,4,9-13H2,1-3H3;1H. The molecule has 0 radical (unpaired) electrons. The molecule has 0 amide bonds. The minimum Gasteiger partial charge on any atom is -0.309 e. The fraction of sp³-hybridized carbons (Fsp3) is 0.625. The molecule has 0 aliphatic carbocycles. The lowest BCUT2D eigenvalue weighted by Crippen LogP contribution is -2.30. The van der Waals surface area contributed by atoms with Crippen molar-refractivity contribution in [1.29, 1.82) is 0 Å². The normalized spacial score (nSPS) is 22.6. The van der Waals surface area contributed by atoms with Gasteiger partial charge in [0, 0.05) is 22.0 Å². The maximum atomic E-state index is 2.35. The lowest BCUT2D eigenvalue weighted by molar-refractivity contribution is 0.383. The smallest absolute Gasteiger partial charge is 0.0499 e. The van der Waals surface area contributed by atoms with Crippen LogP contribution in [-0.4, -0.2) is 42.8 Å². The van der Waals surface area contributed by atoms with Crippen LogP contribution in [0.5, 0.6) is 0 Å². The predicted octanol–water partition coefficient (Wildman–Crippen LogP) is 4.43. The third-order valence-electron chi connectivity index (χ3n) is 3.70. The minimum absolute atomic E-state index is 0. The summed E-state index contributed by atoms with van der Waals surface area (Å²) >= 11 is 4.31. The van der Waals surface area contributed by atoms with Crippen molar-refractivity contribution in [3.05, 3.63) is 35.4 Å². The third-order valence-corrected chi connectivity index (χ3v) is 6.88. The molecule has 114 valence electrons. The Bertz CT molecular complexity index is 386. The number of rotatable bonds is 5. The lowest BCUT2D eigenvalue weighted by Gasteiger charge is -2.37. The molecule has 1 fully saturated rings. The van der Waals surface area contributed by atoms with Gasteiger partial charge in [0.1, 0.15) is 0 Å². The molecule has 1 atom stereocenters. The monoisotopic (exact) mass is 331 g/mol. The van der Waals surface area contributed by atoms with E-state index in [1.807, 2.05) is 0 Å². The second-order valence-corrected chi connectivity index (χ2v) is 8.25. The van der Waals surface area contributed by atoms with E-state index in [1.54, 1.807) is 0 Å². The van der Waals surface area contributed by atoms with Gasteiger partial charge >= 0.3 is 0 Å². The molecule has 1 nitrogen and oxygen atoms in total. The number of nitrogens with zero attached hydrogens (tertiary/aromatic N) is 1. The number of thioether (sulfide) groups is 2. The second-order valence-electron chi connectivity index (χ2n) is 5.67. The molecule has 1 saturated heterocycles. The predicted molar refractivity (Wildman–Crippen MR) is 97.7 cm³/mol. The van der Waals surface area contributed by atoms with Crippen molar-refractivity contribution in [2.75, 3.05) is 37.9 Å². The van der Waals surface area contributed by atoms with Crippen LogP contribution in [-0.2, 0) is 4.75 Å². The lowest BCUT2D eigenvalue weighted by atomic mass is 9.94. The van der Waals surface area contributed by atoms with Gasteiger partial charge in [-0.1, -0.05) is 29.8 Å². The first-order valence-corrected chi connectivity index (χ1v) is 9.20. The summed E-state index contributed by atoms with van der Waals surface area (Å²) in [5, 5.41) is 0. The zero-order valence-electron chi connectivity index (χ0n) is 12.7. The van der Waals surface area contributed by atoms with Crippen molar-refractivity contribution < 1.29 is 0 Å². The van der Waals surface area contributed by atoms with Gasteiger partial charge in [0.05, 0.1) is 0 Å². The van der Waals surface area contributed by atoms with Gasteiger partial charge in [-0.15, -0.1) is 24.2 Å². The summed E-state index contributed by atoms with van der Waals surface area (Å²) in [6.45, 7) is 3.37. The molecule has 1 unspecified atom stereocenters. The Morgan fingerprint density at radius 1 is 1.15 bits per heavy atom. The molecule has 1 aliphatic heterocycles. The summed E-state index contributed by atoms with van der Waals surface area (Å²) in [5.74, 6) is 3.88. The summed E-state index contributed by atoms with van der Waals surface area (Å²) in [6, 6.07) is 9.24. The van der Waals surface area contributed by atoms with Crippen molar-refractivity contribution >= 4 is 35.9 Å². The number of hydrogen-bond acceptors (Lipinski definition) is 3. The van der Waals surface area contributed by atoms with Gasteiger partial charge in [0.15, 0.2) is 0 Å². The van der Waals surface area contributed by atoms with E-state index in [0.29, 0.717) is 4.75 Å². The van der Waals surface area contributed by atoms with Crippen LogP contribution in [0.25, 0.3) is 0 Å². The first kappa shape index (κ1) is 18.2. The number of benzene rings is 1. The topological polar surface area (TPSA) is 3.24 Å². The van der Waals surface area contributed by atoms with E-state index in [4.69, 9.17) is 0 Å². The number of hydrogen-bond donors (Lipinski definition) is 0.